The summed E-state index contributed by atoms with van der Waals surface area (Å²) in [4.78, 5) is 24.7. The molecule has 0 bridgehead atoms. The van der Waals surface area contributed by atoms with Crippen LogP contribution in [0.25, 0.3) is 0 Å². The molecule has 7 heteroatoms. The molecule has 0 aliphatic rings. The molecule has 0 saturated carbocycles. The van der Waals surface area contributed by atoms with E-state index in [9.17, 15) is 14.7 Å². The average molecular weight is 310 g/mol. The van der Waals surface area contributed by atoms with E-state index in [4.69, 9.17) is 16.9 Å². The molecule has 0 heterocycles. The summed E-state index contributed by atoms with van der Waals surface area (Å²) in [5, 5.41) is 20.9. The minimum atomic E-state index is -1.43. The fourth-order valence-electron chi connectivity index (χ4n) is 1.67. The van der Waals surface area contributed by atoms with Crippen molar-refractivity contribution in [2.45, 2.75) is 25.8 Å². The third-order valence-corrected chi connectivity index (χ3v) is 3.20. The molecule has 2 amide bonds. The van der Waals surface area contributed by atoms with Gasteiger partial charge < -0.3 is 15.3 Å². The van der Waals surface area contributed by atoms with Gasteiger partial charge in [-0.15, -0.1) is 0 Å². The molecule has 1 rings (SSSR count). The number of nitrogens with zero attached hydrogens (tertiary/aromatic N) is 2. The summed E-state index contributed by atoms with van der Waals surface area (Å²) in [6.45, 7) is 2.83. The van der Waals surface area contributed by atoms with Gasteiger partial charge in [-0.25, -0.2) is 9.59 Å². The number of nitrogens with one attached hydrogen (secondary N) is 1. The maximum atomic E-state index is 12.3. The molecule has 0 spiro atoms. The maximum Gasteiger partial charge on any atom is 0.329 e. The van der Waals surface area contributed by atoms with E-state index in [2.05, 4.69) is 5.32 Å². The van der Waals surface area contributed by atoms with Gasteiger partial charge in [0, 0.05) is 17.3 Å². The summed E-state index contributed by atoms with van der Waals surface area (Å²) < 4.78 is 0. The van der Waals surface area contributed by atoms with Gasteiger partial charge in [0.15, 0.2) is 0 Å². The normalized spacial score (nSPS) is 10.6. The number of hydrogen-bond donors (Lipinski definition) is 2. The molecule has 1 aromatic rings. The van der Waals surface area contributed by atoms with Crippen molar-refractivity contribution < 1.29 is 14.7 Å². The summed E-state index contributed by atoms with van der Waals surface area (Å²) in [7, 11) is 0. The molecule has 21 heavy (non-hydrogen) atoms. The lowest BCUT2D eigenvalue weighted by molar-refractivity contribution is -0.147. The van der Waals surface area contributed by atoms with E-state index in [1.54, 1.807) is 24.3 Å². The van der Waals surface area contributed by atoms with E-state index in [0.29, 0.717) is 10.7 Å². The highest BCUT2D eigenvalue weighted by Gasteiger charge is 2.37. The summed E-state index contributed by atoms with van der Waals surface area (Å²) in [5.74, 6) is -1.15. The van der Waals surface area contributed by atoms with Gasteiger partial charge in [-0.1, -0.05) is 17.7 Å². The Balaban J connectivity index is 2.95. The zero-order chi connectivity index (χ0) is 16.0. The highest BCUT2D eigenvalue weighted by molar-refractivity contribution is 6.30. The predicted octanol–water partition coefficient (Wildman–Crippen LogP) is 2.95. The number of halogens is 1. The Hall–Kier alpha value is -2.26. The Bertz CT molecular complexity index is 581. The smallest absolute Gasteiger partial charge is 0.329 e. The van der Waals surface area contributed by atoms with E-state index in [-0.39, 0.29) is 13.0 Å². The SMILES string of the molecule is CC(C)(C(=O)O)N(CCC#N)C(=O)Nc1cccc(Cl)c1. The van der Waals surface area contributed by atoms with Gasteiger partial charge >= 0.3 is 12.0 Å². The predicted molar refractivity (Wildman–Crippen MR) is 79.1 cm³/mol. The number of carboxylic acid groups (broad SMARTS) is 1. The zero-order valence-electron chi connectivity index (χ0n) is 11.8. The van der Waals surface area contributed by atoms with Gasteiger partial charge in [-0.3, -0.25) is 0 Å². The van der Waals surface area contributed by atoms with Crippen LogP contribution in [0, 0.1) is 11.3 Å². The van der Waals surface area contributed by atoms with E-state index >= 15 is 0 Å². The van der Waals surface area contributed by atoms with Crippen LogP contribution < -0.4 is 5.32 Å². The molecular formula is C14H16ClN3O3. The van der Waals surface area contributed by atoms with Gasteiger partial charge in [-0.05, 0) is 32.0 Å². The lowest BCUT2D eigenvalue weighted by atomic mass is 10.0. The minimum absolute atomic E-state index is 0.0161. The highest BCUT2D eigenvalue weighted by atomic mass is 35.5. The number of nitriles is 1. The monoisotopic (exact) mass is 309 g/mol. The number of hydrogen-bond acceptors (Lipinski definition) is 3. The number of amides is 2. The first-order valence-corrected chi connectivity index (χ1v) is 6.61. The zero-order valence-corrected chi connectivity index (χ0v) is 12.5. The molecule has 0 radical (unpaired) electrons. The molecule has 0 saturated heterocycles. The molecule has 2 N–H and O–H groups in total. The second kappa shape index (κ2) is 6.95. The van der Waals surface area contributed by atoms with E-state index < -0.39 is 17.5 Å². The highest BCUT2D eigenvalue weighted by Crippen LogP contribution is 2.19. The maximum absolute atomic E-state index is 12.3. The number of carbonyl (C=O) groups excluding carboxylic acids is 1. The van der Waals surface area contributed by atoms with Crippen LogP contribution in [-0.2, 0) is 4.79 Å². The second-order valence-electron chi connectivity index (χ2n) is 4.86. The van der Waals surface area contributed by atoms with Crippen molar-refractivity contribution in [2.24, 2.45) is 0 Å². The molecule has 0 aromatic heterocycles. The Morgan fingerprint density at radius 2 is 2.14 bits per heavy atom. The first-order valence-electron chi connectivity index (χ1n) is 6.23. The lowest BCUT2D eigenvalue weighted by Crippen LogP contribution is -2.54. The van der Waals surface area contributed by atoms with Gasteiger partial charge in [0.1, 0.15) is 5.54 Å². The lowest BCUT2D eigenvalue weighted by Gasteiger charge is -2.34. The van der Waals surface area contributed by atoms with Crippen LogP contribution in [0.2, 0.25) is 5.02 Å². The van der Waals surface area contributed by atoms with Gasteiger partial charge in [0.2, 0.25) is 0 Å². The molecule has 0 unspecified atom stereocenters. The summed E-state index contributed by atoms with van der Waals surface area (Å²) in [5.41, 5.74) is -0.977. The summed E-state index contributed by atoms with van der Waals surface area (Å²) in [6.07, 6.45) is 0.0413. The third-order valence-electron chi connectivity index (χ3n) is 2.97. The fraction of sp³-hybridized carbons (Fsp3) is 0.357. The Kier molecular flexibility index (Phi) is 5.56. The largest absolute Gasteiger partial charge is 0.480 e. The molecule has 0 atom stereocenters. The van der Waals surface area contributed by atoms with Crippen molar-refractivity contribution in [3.05, 3.63) is 29.3 Å². The molecule has 0 aliphatic heterocycles. The topological polar surface area (TPSA) is 93.4 Å². The van der Waals surface area contributed by atoms with Crippen molar-refractivity contribution in [3.8, 4) is 6.07 Å². The van der Waals surface area contributed by atoms with Crippen LogP contribution in [0.4, 0.5) is 10.5 Å². The van der Waals surface area contributed by atoms with Gasteiger partial charge in [0.05, 0.1) is 12.5 Å². The van der Waals surface area contributed by atoms with Crippen LogP contribution in [0.5, 0.6) is 0 Å². The van der Waals surface area contributed by atoms with E-state index in [1.807, 2.05) is 6.07 Å². The van der Waals surface area contributed by atoms with E-state index in [0.717, 1.165) is 4.90 Å². The number of carboxylic acids is 1. The van der Waals surface area contributed by atoms with Crippen LogP contribution in [-0.4, -0.2) is 34.1 Å². The Morgan fingerprint density at radius 3 is 2.67 bits per heavy atom. The second-order valence-corrected chi connectivity index (χ2v) is 5.30. The van der Waals surface area contributed by atoms with Crippen molar-refractivity contribution in [3.63, 3.8) is 0 Å². The summed E-state index contributed by atoms with van der Waals surface area (Å²) >= 11 is 5.83. The number of rotatable bonds is 5. The van der Waals surface area contributed by atoms with Crippen LogP contribution >= 0.6 is 11.6 Å². The molecule has 6 nitrogen and oxygen atoms in total. The molecule has 1 aromatic carbocycles. The van der Waals surface area contributed by atoms with Gasteiger partial charge in [-0.2, -0.15) is 5.26 Å². The molecular weight excluding hydrogens is 294 g/mol. The average Bonchev–Trinajstić information content (AvgIpc) is 2.38. The molecule has 112 valence electrons. The molecule has 0 fully saturated rings. The fourth-order valence-corrected chi connectivity index (χ4v) is 1.86. The van der Waals surface area contributed by atoms with Crippen molar-refractivity contribution in [2.75, 3.05) is 11.9 Å². The third kappa shape index (κ3) is 4.36. The number of carbonyl (C=O) groups is 2. The number of aliphatic carboxylic acids is 1. The van der Waals surface area contributed by atoms with Crippen LogP contribution in [0.1, 0.15) is 20.3 Å². The first-order chi connectivity index (χ1) is 9.78. The van der Waals surface area contributed by atoms with Crippen molar-refractivity contribution in [1.82, 2.24) is 4.90 Å². The first kappa shape index (κ1) is 16.8. The number of urea groups is 1. The van der Waals surface area contributed by atoms with Crippen molar-refractivity contribution >= 4 is 29.3 Å². The number of anilines is 1. The minimum Gasteiger partial charge on any atom is -0.480 e. The Labute approximate surface area is 127 Å². The van der Waals surface area contributed by atoms with Gasteiger partial charge in [0.25, 0.3) is 0 Å². The Morgan fingerprint density at radius 1 is 1.48 bits per heavy atom. The van der Waals surface area contributed by atoms with Crippen LogP contribution in [0.3, 0.4) is 0 Å². The van der Waals surface area contributed by atoms with Crippen LogP contribution in [0.15, 0.2) is 24.3 Å². The quantitative estimate of drug-likeness (QED) is 0.874. The standard InChI is InChI=1S/C14H16ClN3O3/c1-14(2,12(19)20)18(8-4-7-16)13(21)17-11-6-3-5-10(15)9-11/h3,5-6,9H,4,8H2,1-2H3,(H,17,21)(H,19,20). The van der Waals surface area contributed by atoms with E-state index in [1.165, 1.54) is 13.8 Å². The van der Waals surface area contributed by atoms with Crippen molar-refractivity contribution in [1.29, 1.82) is 5.26 Å². The molecule has 0 aliphatic carbocycles. The summed E-state index contributed by atoms with van der Waals surface area (Å²) in [6, 6.07) is 7.82. The number of benzene rings is 1.